The highest BCUT2D eigenvalue weighted by atomic mass is 16.5. The lowest BCUT2D eigenvalue weighted by molar-refractivity contribution is -0.150. The molecular formula is C48H95N5O4. The van der Waals surface area contributed by atoms with E-state index in [0.29, 0.717) is 19.4 Å². The highest BCUT2D eigenvalue weighted by Gasteiger charge is 2.15. The minimum Gasteiger partial charge on any atom is -0.466 e. The van der Waals surface area contributed by atoms with Crippen LogP contribution in [0, 0.1) is 11.5 Å². The highest BCUT2D eigenvalue weighted by molar-refractivity contribution is 5.69. The first-order valence-corrected chi connectivity index (χ1v) is 24.5. The molecule has 0 saturated heterocycles. The second-order valence-electron chi connectivity index (χ2n) is 17.0. The number of carbonyl (C=O) groups excluding carboxylic acids is 2. The Morgan fingerprint density at radius 3 is 1.44 bits per heavy atom. The third-order valence-electron chi connectivity index (χ3n) is 11.3. The van der Waals surface area contributed by atoms with E-state index in [1.807, 2.05) is 19.0 Å². The summed E-state index contributed by atoms with van der Waals surface area (Å²) in [5.74, 6) is -0.0240. The molecule has 0 amide bonds. The molecule has 9 nitrogen and oxygen atoms in total. The second kappa shape index (κ2) is 43.7. The molecule has 0 aliphatic carbocycles. The number of nitrogens with one attached hydrogen (secondary N) is 2. The van der Waals surface area contributed by atoms with Crippen LogP contribution in [0.25, 0.3) is 0 Å². The third-order valence-corrected chi connectivity index (χ3v) is 11.3. The zero-order valence-electron chi connectivity index (χ0n) is 38.5. The number of unbranched alkanes of at least 4 members (excludes halogenated alkanes) is 24. The standard InChI is InChI=1S/C48H95N5O4/c1-6-9-12-15-18-27-34-43-56-46(54)37-30-23-19-25-32-40-53(42-39-50-48(51-44-49)52(4)5)41-33-26-20-24-31-38-47(55)57-45(35-28-21-16-13-10-7-2)36-29-22-17-14-11-8-3/h45,48,50-51H,6-43H2,1-5H3. The molecule has 9 heteroatoms. The summed E-state index contributed by atoms with van der Waals surface area (Å²) in [4.78, 5) is 29.5. The van der Waals surface area contributed by atoms with Crippen molar-refractivity contribution >= 4 is 11.9 Å². The fourth-order valence-corrected chi connectivity index (χ4v) is 7.52. The molecule has 0 saturated carbocycles. The van der Waals surface area contributed by atoms with E-state index in [1.165, 1.54) is 122 Å². The normalized spacial score (nSPS) is 12.1. The maximum absolute atomic E-state index is 12.8. The third kappa shape index (κ3) is 39.3. The van der Waals surface area contributed by atoms with Crippen molar-refractivity contribution in [2.75, 3.05) is 46.9 Å². The average molecular weight is 806 g/mol. The van der Waals surface area contributed by atoms with Gasteiger partial charge in [0.2, 0.25) is 0 Å². The Morgan fingerprint density at radius 1 is 0.544 bits per heavy atom. The van der Waals surface area contributed by atoms with Crippen LogP contribution in [-0.4, -0.2) is 81.0 Å². The summed E-state index contributed by atoms with van der Waals surface area (Å²) in [7, 11) is 3.92. The molecule has 0 aliphatic heterocycles. The Bertz CT molecular complexity index is 898. The first kappa shape index (κ1) is 55.1. The second-order valence-corrected chi connectivity index (χ2v) is 17.0. The predicted molar refractivity (Wildman–Crippen MR) is 241 cm³/mol. The van der Waals surface area contributed by atoms with Gasteiger partial charge in [-0.2, -0.15) is 5.26 Å². The molecule has 0 aromatic carbocycles. The number of esters is 2. The number of nitriles is 1. The van der Waals surface area contributed by atoms with Crippen LogP contribution in [0.5, 0.6) is 0 Å². The van der Waals surface area contributed by atoms with E-state index in [1.54, 1.807) is 0 Å². The molecule has 0 heterocycles. The van der Waals surface area contributed by atoms with Crippen molar-refractivity contribution in [2.45, 2.75) is 245 Å². The Morgan fingerprint density at radius 2 is 0.965 bits per heavy atom. The highest BCUT2D eigenvalue weighted by Crippen LogP contribution is 2.18. The molecular weight excluding hydrogens is 711 g/mol. The molecule has 0 spiro atoms. The van der Waals surface area contributed by atoms with Gasteiger partial charge in [0.15, 0.2) is 6.19 Å². The minimum atomic E-state index is -0.174. The maximum atomic E-state index is 12.8. The van der Waals surface area contributed by atoms with Crippen LogP contribution >= 0.6 is 0 Å². The molecule has 57 heavy (non-hydrogen) atoms. The fraction of sp³-hybridized carbons (Fsp3) is 0.938. The van der Waals surface area contributed by atoms with Crippen molar-refractivity contribution in [3.63, 3.8) is 0 Å². The van der Waals surface area contributed by atoms with Crippen molar-refractivity contribution in [2.24, 2.45) is 0 Å². The van der Waals surface area contributed by atoms with Gasteiger partial charge in [-0.25, -0.2) is 0 Å². The van der Waals surface area contributed by atoms with Crippen molar-refractivity contribution in [3.8, 4) is 6.19 Å². The summed E-state index contributed by atoms with van der Waals surface area (Å²) < 4.78 is 11.5. The van der Waals surface area contributed by atoms with E-state index in [4.69, 9.17) is 14.7 Å². The van der Waals surface area contributed by atoms with Gasteiger partial charge in [-0.15, -0.1) is 0 Å². The topological polar surface area (TPSA) is 107 Å². The van der Waals surface area contributed by atoms with Gasteiger partial charge in [0, 0.05) is 25.9 Å². The Balaban J connectivity index is 4.45. The smallest absolute Gasteiger partial charge is 0.306 e. The number of hydrogen-bond acceptors (Lipinski definition) is 9. The van der Waals surface area contributed by atoms with Gasteiger partial charge in [-0.05, 0) is 85.0 Å². The summed E-state index contributed by atoms with van der Waals surface area (Å²) in [6.07, 6.45) is 40.0. The molecule has 1 unspecified atom stereocenters. The summed E-state index contributed by atoms with van der Waals surface area (Å²) in [5.41, 5.74) is 0. The van der Waals surface area contributed by atoms with Gasteiger partial charge in [-0.3, -0.25) is 25.1 Å². The van der Waals surface area contributed by atoms with Crippen LogP contribution in [-0.2, 0) is 19.1 Å². The maximum Gasteiger partial charge on any atom is 0.306 e. The van der Waals surface area contributed by atoms with Gasteiger partial charge in [-0.1, -0.05) is 162 Å². The van der Waals surface area contributed by atoms with Gasteiger partial charge < -0.3 is 14.4 Å². The van der Waals surface area contributed by atoms with Crippen LogP contribution in [0.15, 0.2) is 0 Å². The number of nitrogens with zero attached hydrogens (tertiary/aromatic N) is 3. The monoisotopic (exact) mass is 806 g/mol. The summed E-state index contributed by atoms with van der Waals surface area (Å²) in [5, 5.41) is 15.4. The Hall–Kier alpha value is -1.89. The van der Waals surface area contributed by atoms with Gasteiger partial charge >= 0.3 is 11.9 Å². The molecule has 0 aromatic rings. The molecule has 1 atom stereocenters. The lowest BCUT2D eigenvalue weighted by Crippen LogP contribution is -2.52. The lowest BCUT2D eigenvalue weighted by atomic mass is 10.0. The van der Waals surface area contributed by atoms with E-state index >= 15 is 0 Å². The van der Waals surface area contributed by atoms with E-state index < -0.39 is 0 Å². The van der Waals surface area contributed by atoms with E-state index in [0.717, 1.165) is 103 Å². The molecule has 2 N–H and O–H groups in total. The van der Waals surface area contributed by atoms with Gasteiger partial charge in [0.25, 0.3) is 0 Å². The summed E-state index contributed by atoms with van der Waals surface area (Å²) in [6.45, 7) is 11.2. The molecule has 0 radical (unpaired) electrons. The first-order chi connectivity index (χ1) is 27.9. The summed E-state index contributed by atoms with van der Waals surface area (Å²) in [6, 6.07) is 0. The quantitative estimate of drug-likeness (QED) is 0.0204. The molecule has 0 aromatic heterocycles. The first-order valence-electron chi connectivity index (χ1n) is 24.5. The number of rotatable bonds is 45. The van der Waals surface area contributed by atoms with Crippen LogP contribution < -0.4 is 10.6 Å². The largest absolute Gasteiger partial charge is 0.466 e. The fourth-order valence-electron chi connectivity index (χ4n) is 7.52. The minimum absolute atomic E-state index is 0.0105. The van der Waals surface area contributed by atoms with E-state index in [9.17, 15) is 9.59 Å². The molecule has 336 valence electrons. The zero-order chi connectivity index (χ0) is 41.9. The van der Waals surface area contributed by atoms with Crippen molar-refractivity contribution < 1.29 is 19.1 Å². The van der Waals surface area contributed by atoms with Gasteiger partial charge in [0.05, 0.1) is 6.61 Å². The summed E-state index contributed by atoms with van der Waals surface area (Å²) >= 11 is 0. The van der Waals surface area contributed by atoms with Crippen LogP contribution in [0.2, 0.25) is 0 Å². The number of carbonyl (C=O) groups is 2. The number of hydrogen-bond donors (Lipinski definition) is 2. The molecule has 0 bridgehead atoms. The Kier molecular flexibility index (Phi) is 42.2. The van der Waals surface area contributed by atoms with Crippen LogP contribution in [0.3, 0.4) is 0 Å². The van der Waals surface area contributed by atoms with E-state index in [2.05, 4.69) is 42.5 Å². The SMILES string of the molecule is CCCCCCCCCOC(=O)CCCCCCCN(CCCCCCCC(=O)OC(CCCCCCCC)CCCCCCCC)CCNC(NC#N)N(C)C. The predicted octanol–water partition coefficient (Wildman–Crippen LogP) is 12.2. The number of ether oxygens (including phenoxy) is 2. The molecule has 0 fully saturated rings. The van der Waals surface area contributed by atoms with Crippen LogP contribution in [0.1, 0.15) is 233 Å². The molecule has 0 aliphatic rings. The lowest BCUT2D eigenvalue weighted by Gasteiger charge is -2.27. The Labute approximate surface area is 353 Å². The molecule has 0 rings (SSSR count). The van der Waals surface area contributed by atoms with Gasteiger partial charge in [0.1, 0.15) is 12.4 Å². The van der Waals surface area contributed by atoms with Crippen LogP contribution in [0.4, 0.5) is 0 Å². The van der Waals surface area contributed by atoms with Crippen molar-refractivity contribution in [1.29, 1.82) is 5.26 Å². The van der Waals surface area contributed by atoms with E-state index in [-0.39, 0.29) is 24.3 Å². The van der Waals surface area contributed by atoms with Crippen molar-refractivity contribution in [1.82, 2.24) is 20.4 Å². The zero-order valence-corrected chi connectivity index (χ0v) is 38.5. The van der Waals surface area contributed by atoms with Crippen molar-refractivity contribution in [3.05, 3.63) is 0 Å². The average Bonchev–Trinajstić information content (AvgIpc) is 3.19.